The van der Waals surface area contributed by atoms with E-state index in [2.05, 4.69) is 31.5 Å². The number of amides is 3. The molecule has 14 heteroatoms. The van der Waals surface area contributed by atoms with Gasteiger partial charge in [0.1, 0.15) is 31.2 Å². The van der Waals surface area contributed by atoms with Crippen molar-refractivity contribution in [3.8, 4) is 5.75 Å². The molecule has 3 N–H and O–H groups in total. The van der Waals surface area contributed by atoms with Crippen molar-refractivity contribution in [2.45, 2.75) is 44.4 Å². The zero-order chi connectivity index (χ0) is 35.7. The topological polar surface area (TPSA) is 170 Å². The Bertz CT molecular complexity index is 1960. The van der Waals surface area contributed by atoms with E-state index in [0.717, 1.165) is 5.56 Å². The maximum absolute atomic E-state index is 15.0. The van der Waals surface area contributed by atoms with Crippen LogP contribution in [0, 0.1) is 5.92 Å². The molecule has 0 saturated heterocycles. The average Bonchev–Trinajstić information content (AvgIpc) is 3.64. The normalized spacial score (nSPS) is 19.8. The van der Waals surface area contributed by atoms with Gasteiger partial charge >= 0.3 is 12.1 Å². The summed E-state index contributed by atoms with van der Waals surface area (Å²) in [6.07, 6.45) is -0.887. The fourth-order valence-corrected chi connectivity index (χ4v) is 7.03. The number of methoxy groups -OCH3 is 2. The van der Waals surface area contributed by atoms with Crippen LogP contribution in [-0.4, -0.2) is 61.0 Å². The number of nitrogens with one attached hydrogen (secondary N) is 2. The van der Waals surface area contributed by atoms with E-state index in [1.165, 1.54) is 25.2 Å². The van der Waals surface area contributed by atoms with E-state index in [-0.39, 0.29) is 54.3 Å². The van der Waals surface area contributed by atoms with Crippen molar-refractivity contribution >= 4 is 45.5 Å². The van der Waals surface area contributed by atoms with Gasteiger partial charge in [-0.25, -0.2) is 14.6 Å². The Morgan fingerprint density at radius 3 is 2.56 bits per heavy atom. The fourth-order valence-electron chi connectivity index (χ4n) is 6.45. The first kappa shape index (κ1) is 34.6. The number of halogens is 1. The van der Waals surface area contributed by atoms with Crippen molar-refractivity contribution in [1.29, 1.82) is 0 Å². The number of fused-ring (bicyclic) bond motifs is 8. The molecule has 0 saturated carbocycles. The Morgan fingerprint density at radius 2 is 1.86 bits per heavy atom. The number of phenolic OH excluding ortho intramolecular Hbond substituents is 1. The lowest BCUT2D eigenvalue weighted by Gasteiger charge is -2.30. The standard InChI is InChI=1S/C36H35BrN4O9/c1-19(2)27-32-40-28(33(44)48-4)30(50-32)36(22-11-8-12-24(37)29(22)41(18-47-3)34(36)45)23-15-21(13-14-26(23)42)16-25(31(43)39-27)38-35(46)49-17-20-9-6-5-7-10-20/h5-15,19,25,27,42H,16-18H2,1-4H3,(H,38,46)(H,39,43)/t25-,27-,36?/m0/s1. The minimum atomic E-state index is -1.98. The summed E-state index contributed by atoms with van der Waals surface area (Å²) in [7, 11) is 2.61. The van der Waals surface area contributed by atoms with Gasteiger partial charge in [0.25, 0.3) is 5.91 Å². The quantitative estimate of drug-likeness (QED) is 0.222. The van der Waals surface area contributed by atoms with E-state index < -0.39 is 41.4 Å². The van der Waals surface area contributed by atoms with Crippen LogP contribution in [0.5, 0.6) is 5.75 Å². The Balaban J connectivity index is 1.57. The van der Waals surface area contributed by atoms with E-state index in [4.69, 9.17) is 18.6 Å². The van der Waals surface area contributed by atoms with Gasteiger partial charge < -0.3 is 34.4 Å². The number of carbonyl (C=O) groups excluding carboxylic acids is 4. The molecule has 3 atom stereocenters. The van der Waals surface area contributed by atoms with Gasteiger partial charge in [0.15, 0.2) is 16.9 Å². The SMILES string of the molecule is COCN1C(=O)C2(c3cc(ccc3O)C[C@H](NC(=O)OCc3ccccc3)C(=O)N[C@@H](C(C)C)c3nc(C(=O)OC)c2o3)c2cccc(Br)c21. The molecule has 1 spiro atoms. The van der Waals surface area contributed by atoms with E-state index in [9.17, 15) is 19.5 Å². The van der Waals surface area contributed by atoms with Crippen molar-refractivity contribution < 1.29 is 42.9 Å². The van der Waals surface area contributed by atoms with Crippen LogP contribution in [-0.2, 0) is 42.2 Å². The van der Waals surface area contributed by atoms with Gasteiger partial charge in [-0.2, -0.15) is 0 Å². The summed E-state index contributed by atoms with van der Waals surface area (Å²) in [5.41, 5.74) is -0.209. The number of nitrogens with zero attached hydrogens (tertiary/aromatic N) is 2. The zero-order valence-electron chi connectivity index (χ0n) is 27.7. The third-order valence-corrected chi connectivity index (χ3v) is 9.44. The number of hydrogen-bond acceptors (Lipinski definition) is 10. The molecular formula is C36H35BrN4O9. The lowest BCUT2D eigenvalue weighted by Crippen LogP contribution is -2.49. The number of para-hydroxylation sites is 1. The molecule has 2 aliphatic rings. The number of aromatic nitrogens is 1. The van der Waals surface area contributed by atoms with E-state index >= 15 is 4.79 Å². The van der Waals surface area contributed by atoms with Crippen LogP contribution >= 0.6 is 15.9 Å². The monoisotopic (exact) mass is 746 g/mol. The second-order valence-corrected chi connectivity index (χ2v) is 13.2. The number of benzene rings is 3. The van der Waals surface area contributed by atoms with Gasteiger partial charge in [0.05, 0.1) is 12.8 Å². The third kappa shape index (κ3) is 5.98. The predicted octanol–water partition coefficient (Wildman–Crippen LogP) is 4.88. The highest BCUT2D eigenvalue weighted by molar-refractivity contribution is 9.10. The number of alkyl carbamates (subject to hydrolysis) is 1. The molecule has 1 aromatic heterocycles. The predicted molar refractivity (Wildman–Crippen MR) is 182 cm³/mol. The summed E-state index contributed by atoms with van der Waals surface area (Å²) < 4.78 is 23.0. The molecule has 260 valence electrons. The number of oxazole rings is 1. The molecule has 4 aromatic rings. The highest BCUT2D eigenvalue weighted by atomic mass is 79.9. The van der Waals surface area contributed by atoms with Gasteiger partial charge in [-0.3, -0.25) is 14.5 Å². The molecule has 0 fully saturated rings. The summed E-state index contributed by atoms with van der Waals surface area (Å²) in [4.78, 5) is 61.4. The van der Waals surface area contributed by atoms with Crippen LogP contribution in [0.3, 0.4) is 0 Å². The highest BCUT2D eigenvalue weighted by Crippen LogP contribution is 2.55. The van der Waals surface area contributed by atoms with Crippen LogP contribution in [0.4, 0.5) is 10.5 Å². The molecule has 3 heterocycles. The van der Waals surface area contributed by atoms with Crippen LogP contribution < -0.4 is 15.5 Å². The number of carbonyl (C=O) groups is 4. The molecule has 3 amide bonds. The van der Waals surface area contributed by atoms with Gasteiger partial charge in [-0.15, -0.1) is 0 Å². The number of ether oxygens (including phenoxy) is 3. The van der Waals surface area contributed by atoms with E-state index in [1.54, 1.807) is 42.5 Å². The number of hydrogen-bond donors (Lipinski definition) is 3. The van der Waals surface area contributed by atoms with E-state index in [0.29, 0.717) is 21.3 Å². The number of anilines is 1. The molecule has 4 bridgehead atoms. The Kier molecular flexibility index (Phi) is 9.67. The first-order chi connectivity index (χ1) is 24.0. The van der Waals surface area contributed by atoms with Crippen molar-refractivity contribution in [2.24, 2.45) is 5.92 Å². The van der Waals surface area contributed by atoms with Crippen LogP contribution in [0.1, 0.15) is 64.3 Å². The summed E-state index contributed by atoms with van der Waals surface area (Å²) in [5.74, 6) is -3.00. The third-order valence-electron chi connectivity index (χ3n) is 8.80. The maximum Gasteiger partial charge on any atom is 0.408 e. The Hall–Kier alpha value is -5.21. The number of phenols is 1. The first-order valence-corrected chi connectivity index (χ1v) is 16.6. The molecule has 1 unspecified atom stereocenters. The van der Waals surface area contributed by atoms with Crippen molar-refractivity contribution in [2.75, 3.05) is 25.9 Å². The molecule has 3 aromatic carbocycles. The van der Waals surface area contributed by atoms with Crippen molar-refractivity contribution in [3.05, 3.63) is 111 Å². The van der Waals surface area contributed by atoms with E-state index in [1.807, 2.05) is 32.0 Å². The minimum absolute atomic E-state index is 0.0219. The number of esters is 1. The lowest BCUT2D eigenvalue weighted by molar-refractivity contribution is -0.124. The summed E-state index contributed by atoms with van der Waals surface area (Å²) >= 11 is 3.57. The van der Waals surface area contributed by atoms with Gasteiger partial charge in [-0.1, -0.05) is 68.4 Å². The van der Waals surface area contributed by atoms with Gasteiger partial charge in [0, 0.05) is 29.1 Å². The maximum atomic E-state index is 15.0. The smallest absolute Gasteiger partial charge is 0.408 e. The van der Waals surface area contributed by atoms with Crippen LogP contribution in [0.25, 0.3) is 0 Å². The lowest BCUT2D eigenvalue weighted by atomic mass is 9.71. The Morgan fingerprint density at radius 1 is 1.10 bits per heavy atom. The zero-order valence-corrected chi connectivity index (χ0v) is 29.3. The average molecular weight is 748 g/mol. The molecule has 13 nitrogen and oxygen atoms in total. The molecule has 0 radical (unpaired) electrons. The van der Waals surface area contributed by atoms with Crippen molar-refractivity contribution in [1.82, 2.24) is 15.6 Å². The van der Waals surface area contributed by atoms with Crippen molar-refractivity contribution in [3.63, 3.8) is 0 Å². The highest BCUT2D eigenvalue weighted by Gasteiger charge is 2.60. The molecule has 50 heavy (non-hydrogen) atoms. The number of aromatic hydroxyl groups is 1. The number of rotatable bonds is 7. The molecule has 6 rings (SSSR count). The molecule has 2 aliphatic heterocycles. The first-order valence-electron chi connectivity index (χ1n) is 15.8. The largest absolute Gasteiger partial charge is 0.508 e. The summed E-state index contributed by atoms with van der Waals surface area (Å²) in [6, 6.07) is 16.7. The Labute approximate surface area is 296 Å². The second kappa shape index (κ2) is 14.0. The second-order valence-electron chi connectivity index (χ2n) is 12.3. The van der Waals surface area contributed by atoms with Crippen LogP contribution in [0.2, 0.25) is 0 Å². The summed E-state index contributed by atoms with van der Waals surface area (Å²) in [5, 5.41) is 17.2. The van der Waals surface area contributed by atoms with Crippen LogP contribution in [0.15, 0.2) is 75.6 Å². The molecular weight excluding hydrogens is 712 g/mol. The molecule has 0 aliphatic carbocycles. The minimum Gasteiger partial charge on any atom is -0.508 e. The van der Waals surface area contributed by atoms with Gasteiger partial charge in [-0.05, 0) is 45.1 Å². The van der Waals surface area contributed by atoms with Gasteiger partial charge in [0.2, 0.25) is 11.8 Å². The summed E-state index contributed by atoms with van der Waals surface area (Å²) in [6.45, 7) is 3.43. The fraction of sp³-hybridized carbons (Fsp3) is 0.306.